The summed E-state index contributed by atoms with van der Waals surface area (Å²) in [5, 5.41) is 2.89. The Morgan fingerprint density at radius 3 is 2.68 bits per heavy atom. The third kappa shape index (κ3) is 3.01. The molecule has 0 radical (unpaired) electrons. The summed E-state index contributed by atoms with van der Waals surface area (Å²) in [5.41, 5.74) is 3.21. The number of nitrogens with one attached hydrogen (secondary N) is 1. The SMILES string of the molecule is Cc1cccc(C(=O)Nc2cccc(N3CCCC3=O)c2)c1. The van der Waals surface area contributed by atoms with Gasteiger partial charge in [0.25, 0.3) is 5.91 Å². The van der Waals surface area contributed by atoms with Crippen LogP contribution in [-0.4, -0.2) is 18.4 Å². The Balaban J connectivity index is 1.78. The summed E-state index contributed by atoms with van der Waals surface area (Å²) in [7, 11) is 0. The maximum Gasteiger partial charge on any atom is 0.255 e. The van der Waals surface area contributed by atoms with E-state index in [9.17, 15) is 9.59 Å². The van der Waals surface area contributed by atoms with Crippen LogP contribution in [0.5, 0.6) is 0 Å². The zero-order valence-corrected chi connectivity index (χ0v) is 12.5. The molecule has 1 heterocycles. The Kier molecular flexibility index (Phi) is 3.92. The molecule has 2 aromatic rings. The molecule has 0 atom stereocenters. The van der Waals surface area contributed by atoms with E-state index in [4.69, 9.17) is 0 Å². The number of rotatable bonds is 3. The monoisotopic (exact) mass is 294 g/mol. The smallest absolute Gasteiger partial charge is 0.255 e. The predicted molar refractivity (Wildman–Crippen MR) is 87.2 cm³/mol. The highest BCUT2D eigenvalue weighted by Crippen LogP contribution is 2.24. The number of carbonyl (C=O) groups excluding carboxylic acids is 2. The van der Waals surface area contributed by atoms with Crippen LogP contribution in [0.3, 0.4) is 0 Å². The molecule has 0 spiro atoms. The Morgan fingerprint density at radius 1 is 1.14 bits per heavy atom. The topological polar surface area (TPSA) is 49.4 Å². The largest absolute Gasteiger partial charge is 0.322 e. The summed E-state index contributed by atoms with van der Waals surface area (Å²) < 4.78 is 0. The van der Waals surface area contributed by atoms with Crippen LogP contribution in [0.15, 0.2) is 48.5 Å². The number of hydrogen-bond acceptors (Lipinski definition) is 2. The molecule has 112 valence electrons. The average molecular weight is 294 g/mol. The molecule has 22 heavy (non-hydrogen) atoms. The summed E-state index contributed by atoms with van der Waals surface area (Å²) in [4.78, 5) is 25.8. The second kappa shape index (κ2) is 6.02. The van der Waals surface area contributed by atoms with Crippen molar-refractivity contribution in [1.82, 2.24) is 0 Å². The molecule has 3 rings (SSSR count). The van der Waals surface area contributed by atoms with Gasteiger partial charge >= 0.3 is 0 Å². The van der Waals surface area contributed by atoms with Gasteiger partial charge in [-0.1, -0.05) is 23.8 Å². The van der Waals surface area contributed by atoms with Crippen LogP contribution in [0.2, 0.25) is 0 Å². The Morgan fingerprint density at radius 2 is 1.95 bits per heavy atom. The molecule has 4 nitrogen and oxygen atoms in total. The lowest BCUT2D eigenvalue weighted by Gasteiger charge is -2.16. The molecule has 1 saturated heterocycles. The van der Waals surface area contributed by atoms with Crippen LogP contribution in [0.4, 0.5) is 11.4 Å². The first kappa shape index (κ1) is 14.3. The standard InChI is InChI=1S/C18H18N2O2/c1-13-5-2-6-14(11-13)18(22)19-15-7-3-8-16(12-15)20-10-4-9-17(20)21/h2-3,5-8,11-12H,4,9-10H2,1H3,(H,19,22). The molecule has 0 aromatic heterocycles. The van der Waals surface area contributed by atoms with Crippen LogP contribution in [0, 0.1) is 6.92 Å². The highest BCUT2D eigenvalue weighted by molar-refractivity contribution is 6.05. The Bertz CT molecular complexity index is 725. The quantitative estimate of drug-likeness (QED) is 0.943. The van der Waals surface area contributed by atoms with E-state index in [1.165, 1.54) is 0 Å². The van der Waals surface area contributed by atoms with Gasteiger partial charge in [0.2, 0.25) is 5.91 Å². The first-order valence-electron chi connectivity index (χ1n) is 7.42. The van der Waals surface area contributed by atoms with Crippen molar-refractivity contribution in [2.45, 2.75) is 19.8 Å². The number of carbonyl (C=O) groups is 2. The van der Waals surface area contributed by atoms with Gasteiger partial charge in [0.05, 0.1) is 0 Å². The van der Waals surface area contributed by atoms with Crippen molar-refractivity contribution in [2.24, 2.45) is 0 Å². The molecular weight excluding hydrogens is 276 g/mol. The number of nitrogens with zero attached hydrogens (tertiary/aromatic N) is 1. The van der Waals surface area contributed by atoms with Crippen LogP contribution >= 0.6 is 0 Å². The van der Waals surface area contributed by atoms with Gasteiger partial charge < -0.3 is 10.2 Å². The van der Waals surface area contributed by atoms with Gasteiger partial charge in [0, 0.05) is 29.9 Å². The van der Waals surface area contributed by atoms with Crippen molar-refractivity contribution in [3.63, 3.8) is 0 Å². The van der Waals surface area contributed by atoms with E-state index in [2.05, 4.69) is 5.32 Å². The van der Waals surface area contributed by atoms with Gasteiger partial charge in [-0.15, -0.1) is 0 Å². The van der Waals surface area contributed by atoms with Gasteiger partial charge in [-0.05, 0) is 43.7 Å². The van der Waals surface area contributed by atoms with Crippen LogP contribution in [-0.2, 0) is 4.79 Å². The molecule has 1 aliphatic rings. The fourth-order valence-electron chi connectivity index (χ4n) is 2.66. The molecule has 2 amide bonds. The highest BCUT2D eigenvalue weighted by Gasteiger charge is 2.21. The van der Waals surface area contributed by atoms with Crippen molar-refractivity contribution >= 4 is 23.2 Å². The highest BCUT2D eigenvalue weighted by atomic mass is 16.2. The summed E-state index contributed by atoms with van der Waals surface area (Å²) >= 11 is 0. The first-order chi connectivity index (χ1) is 10.6. The lowest BCUT2D eigenvalue weighted by molar-refractivity contribution is -0.117. The van der Waals surface area contributed by atoms with Crippen LogP contribution in [0.1, 0.15) is 28.8 Å². The second-order valence-electron chi connectivity index (χ2n) is 5.52. The summed E-state index contributed by atoms with van der Waals surface area (Å²) in [6, 6.07) is 14.9. The zero-order chi connectivity index (χ0) is 15.5. The fraction of sp³-hybridized carbons (Fsp3) is 0.222. The van der Waals surface area contributed by atoms with Gasteiger partial charge in [-0.2, -0.15) is 0 Å². The molecule has 1 aliphatic heterocycles. The van der Waals surface area contributed by atoms with E-state index < -0.39 is 0 Å². The van der Waals surface area contributed by atoms with E-state index in [0.717, 1.165) is 24.2 Å². The maximum absolute atomic E-state index is 12.3. The predicted octanol–water partition coefficient (Wildman–Crippen LogP) is 3.37. The van der Waals surface area contributed by atoms with Gasteiger partial charge in [0.1, 0.15) is 0 Å². The van der Waals surface area contributed by atoms with Crippen molar-refractivity contribution in [1.29, 1.82) is 0 Å². The molecule has 2 aromatic carbocycles. The van der Waals surface area contributed by atoms with Gasteiger partial charge in [-0.3, -0.25) is 9.59 Å². The third-order valence-corrected chi connectivity index (χ3v) is 3.77. The third-order valence-electron chi connectivity index (χ3n) is 3.77. The second-order valence-corrected chi connectivity index (χ2v) is 5.52. The van der Waals surface area contributed by atoms with Gasteiger partial charge in [0.15, 0.2) is 0 Å². The number of hydrogen-bond donors (Lipinski definition) is 1. The van der Waals surface area contributed by atoms with Crippen molar-refractivity contribution < 1.29 is 9.59 Å². The molecule has 0 aliphatic carbocycles. The Hall–Kier alpha value is -2.62. The molecule has 0 saturated carbocycles. The average Bonchev–Trinajstić information content (AvgIpc) is 2.94. The van der Waals surface area contributed by atoms with E-state index in [0.29, 0.717) is 17.7 Å². The fourth-order valence-corrected chi connectivity index (χ4v) is 2.66. The zero-order valence-electron chi connectivity index (χ0n) is 12.5. The van der Waals surface area contributed by atoms with Crippen molar-refractivity contribution in [3.05, 3.63) is 59.7 Å². The Labute approximate surface area is 129 Å². The minimum Gasteiger partial charge on any atom is -0.322 e. The molecule has 0 unspecified atom stereocenters. The summed E-state index contributed by atoms with van der Waals surface area (Å²) in [5.74, 6) is -0.00393. The van der Waals surface area contributed by atoms with Crippen LogP contribution < -0.4 is 10.2 Å². The lowest BCUT2D eigenvalue weighted by Crippen LogP contribution is -2.23. The maximum atomic E-state index is 12.3. The van der Waals surface area contributed by atoms with E-state index in [-0.39, 0.29) is 11.8 Å². The van der Waals surface area contributed by atoms with Crippen molar-refractivity contribution in [3.8, 4) is 0 Å². The summed E-state index contributed by atoms with van der Waals surface area (Å²) in [6.45, 7) is 2.70. The normalized spacial score (nSPS) is 14.2. The first-order valence-corrected chi connectivity index (χ1v) is 7.42. The van der Waals surface area contributed by atoms with E-state index >= 15 is 0 Å². The number of amides is 2. The van der Waals surface area contributed by atoms with E-state index in [1.54, 1.807) is 11.0 Å². The minimum atomic E-state index is -0.145. The summed E-state index contributed by atoms with van der Waals surface area (Å²) in [6.07, 6.45) is 1.48. The van der Waals surface area contributed by atoms with Gasteiger partial charge in [-0.25, -0.2) is 0 Å². The molecule has 1 N–H and O–H groups in total. The molecule has 4 heteroatoms. The van der Waals surface area contributed by atoms with Crippen LogP contribution in [0.25, 0.3) is 0 Å². The molecule has 1 fully saturated rings. The van der Waals surface area contributed by atoms with Crippen molar-refractivity contribution in [2.75, 3.05) is 16.8 Å². The number of aryl methyl sites for hydroxylation is 1. The minimum absolute atomic E-state index is 0.141. The number of anilines is 2. The van der Waals surface area contributed by atoms with E-state index in [1.807, 2.05) is 49.4 Å². The number of benzene rings is 2. The lowest BCUT2D eigenvalue weighted by atomic mass is 10.1. The molecular formula is C18H18N2O2. The molecule has 0 bridgehead atoms.